The molecule has 142 valence electrons. The molecular weight excluding hydrogens is 357 g/mol. The Hall–Kier alpha value is -3.41. The number of nitrogens with zero attached hydrogens (tertiary/aromatic N) is 3. The van der Waals surface area contributed by atoms with E-state index in [0.29, 0.717) is 16.9 Å². The van der Waals surface area contributed by atoms with Gasteiger partial charge in [-0.05, 0) is 50.2 Å². The summed E-state index contributed by atoms with van der Waals surface area (Å²) in [4.78, 5) is 14.7. The van der Waals surface area contributed by atoms with Crippen LogP contribution in [0.25, 0.3) is 16.7 Å². The van der Waals surface area contributed by atoms with Crippen molar-refractivity contribution in [3.8, 4) is 5.69 Å². The number of carbonyl (C=O) groups excluding carboxylic acids is 1. The van der Waals surface area contributed by atoms with E-state index in [2.05, 4.69) is 5.10 Å². The van der Waals surface area contributed by atoms with Crippen LogP contribution in [0.4, 0.5) is 4.39 Å². The van der Waals surface area contributed by atoms with Gasteiger partial charge in [-0.2, -0.15) is 5.10 Å². The van der Waals surface area contributed by atoms with Gasteiger partial charge in [-0.3, -0.25) is 4.79 Å². The maximum absolute atomic E-state index is 13.2. The first-order chi connectivity index (χ1) is 13.5. The minimum Gasteiger partial charge on any atom is -0.459 e. The van der Waals surface area contributed by atoms with Gasteiger partial charge in [0, 0.05) is 12.4 Å². The molecule has 2 heterocycles. The van der Waals surface area contributed by atoms with Crippen molar-refractivity contribution in [2.75, 3.05) is 7.05 Å². The number of hydrogen-bond donors (Lipinski definition) is 0. The van der Waals surface area contributed by atoms with E-state index in [-0.39, 0.29) is 17.8 Å². The molecule has 0 aliphatic heterocycles. The number of fused-ring (bicyclic) bond motifs is 1. The predicted molar refractivity (Wildman–Crippen MR) is 105 cm³/mol. The van der Waals surface area contributed by atoms with Gasteiger partial charge in [0.1, 0.15) is 17.2 Å². The number of halogens is 1. The van der Waals surface area contributed by atoms with Gasteiger partial charge in [0.05, 0.1) is 29.2 Å². The number of carbonyl (C=O) groups is 1. The van der Waals surface area contributed by atoms with Gasteiger partial charge >= 0.3 is 0 Å². The van der Waals surface area contributed by atoms with Gasteiger partial charge in [0.15, 0.2) is 0 Å². The molecule has 0 aliphatic carbocycles. The monoisotopic (exact) mass is 377 g/mol. The molecular formula is C22H20FN3O2. The Labute approximate surface area is 162 Å². The summed E-state index contributed by atoms with van der Waals surface area (Å²) in [6.45, 7) is 3.75. The van der Waals surface area contributed by atoms with Crippen molar-refractivity contribution in [3.63, 3.8) is 0 Å². The van der Waals surface area contributed by atoms with Gasteiger partial charge in [-0.15, -0.1) is 0 Å². The minimum absolute atomic E-state index is 0.154. The normalized spacial score (nSPS) is 12.3. The molecule has 1 amide bonds. The summed E-state index contributed by atoms with van der Waals surface area (Å²) in [5.74, 6) is 0.253. The second-order valence-corrected chi connectivity index (χ2v) is 6.81. The third-order valence-electron chi connectivity index (χ3n) is 5.07. The number of hydrogen-bond acceptors (Lipinski definition) is 3. The lowest BCUT2D eigenvalue weighted by molar-refractivity contribution is 0.0726. The van der Waals surface area contributed by atoms with Crippen molar-refractivity contribution < 1.29 is 13.6 Å². The molecule has 5 nitrogen and oxygen atoms in total. The molecule has 2 aromatic heterocycles. The Balaban J connectivity index is 1.60. The average molecular weight is 377 g/mol. The second-order valence-electron chi connectivity index (χ2n) is 6.81. The average Bonchev–Trinajstić information content (AvgIpc) is 3.30. The van der Waals surface area contributed by atoms with E-state index in [1.54, 1.807) is 35.0 Å². The minimum atomic E-state index is -0.316. The highest BCUT2D eigenvalue weighted by Gasteiger charge is 2.25. The highest BCUT2D eigenvalue weighted by molar-refractivity contribution is 5.95. The Morgan fingerprint density at radius 1 is 1.18 bits per heavy atom. The molecule has 4 aromatic rings. The fourth-order valence-corrected chi connectivity index (χ4v) is 3.23. The standard InChI is InChI=1S/C22H20FN3O2/c1-14-19(13-24-26(14)18-10-8-17(23)9-11-18)22(27)25(3)15(2)21-12-16-6-4-5-7-20(16)28-21/h4-13,15H,1-3H3. The molecule has 0 fully saturated rings. The van der Waals surface area contributed by atoms with E-state index in [9.17, 15) is 9.18 Å². The quantitative estimate of drug-likeness (QED) is 0.508. The summed E-state index contributed by atoms with van der Waals surface area (Å²) in [5, 5.41) is 5.31. The topological polar surface area (TPSA) is 51.3 Å². The van der Waals surface area contributed by atoms with Crippen molar-refractivity contribution >= 4 is 16.9 Å². The number of aromatic nitrogens is 2. The largest absolute Gasteiger partial charge is 0.459 e. The zero-order valence-corrected chi connectivity index (χ0v) is 15.9. The molecule has 0 aliphatic rings. The maximum atomic E-state index is 13.2. The highest BCUT2D eigenvalue weighted by atomic mass is 19.1. The number of rotatable bonds is 4. The Kier molecular flexibility index (Phi) is 4.47. The molecule has 0 saturated heterocycles. The Bertz CT molecular complexity index is 1110. The highest BCUT2D eigenvalue weighted by Crippen LogP contribution is 2.28. The van der Waals surface area contributed by atoms with E-state index in [0.717, 1.165) is 16.7 Å². The van der Waals surface area contributed by atoms with Crippen LogP contribution in [0.3, 0.4) is 0 Å². The van der Waals surface area contributed by atoms with Crippen LogP contribution in [-0.4, -0.2) is 27.6 Å². The lowest BCUT2D eigenvalue weighted by Gasteiger charge is -2.23. The summed E-state index contributed by atoms with van der Waals surface area (Å²) >= 11 is 0. The molecule has 0 radical (unpaired) electrons. The van der Waals surface area contributed by atoms with Crippen molar-refractivity contribution in [1.29, 1.82) is 0 Å². The smallest absolute Gasteiger partial charge is 0.257 e. The molecule has 1 atom stereocenters. The van der Waals surface area contributed by atoms with Crippen molar-refractivity contribution in [2.24, 2.45) is 0 Å². The molecule has 0 bridgehead atoms. The Morgan fingerprint density at radius 3 is 2.61 bits per heavy atom. The number of para-hydroxylation sites is 1. The van der Waals surface area contributed by atoms with E-state index in [4.69, 9.17) is 4.42 Å². The number of furan rings is 1. The third-order valence-corrected chi connectivity index (χ3v) is 5.07. The van der Waals surface area contributed by atoms with Crippen LogP contribution in [0.5, 0.6) is 0 Å². The zero-order chi connectivity index (χ0) is 19.8. The van der Waals surface area contributed by atoms with Crippen LogP contribution >= 0.6 is 0 Å². The maximum Gasteiger partial charge on any atom is 0.257 e. The predicted octanol–water partition coefficient (Wildman–Crippen LogP) is 4.90. The van der Waals surface area contributed by atoms with Crippen LogP contribution in [0, 0.1) is 12.7 Å². The van der Waals surface area contributed by atoms with E-state index in [1.165, 1.54) is 12.1 Å². The van der Waals surface area contributed by atoms with Gasteiger partial charge in [0.25, 0.3) is 5.91 Å². The van der Waals surface area contributed by atoms with Gasteiger partial charge in [-0.25, -0.2) is 9.07 Å². The van der Waals surface area contributed by atoms with Gasteiger partial charge in [-0.1, -0.05) is 18.2 Å². The Morgan fingerprint density at radius 2 is 1.89 bits per heavy atom. The fourth-order valence-electron chi connectivity index (χ4n) is 3.23. The van der Waals surface area contributed by atoms with Crippen LogP contribution < -0.4 is 0 Å². The van der Waals surface area contributed by atoms with E-state index >= 15 is 0 Å². The fraction of sp³-hybridized carbons (Fsp3) is 0.182. The number of amides is 1. The van der Waals surface area contributed by atoms with Crippen molar-refractivity contribution in [3.05, 3.63) is 83.6 Å². The summed E-state index contributed by atoms with van der Waals surface area (Å²) < 4.78 is 20.7. The molecule has 0 N–H and O–H groups in total. The van der Waals surface area contributed by atoms with E-state index in [1.807, 2.05) is 44.2 Å². The first kappa shape index (κ1) is 18.0. The molecule has 28 heavy (non-hydrogen) atoms. The first-order valence-electron chi connectivity index (χ1n) is 9.02. The van der Waals surface area contributed by atoms with Crippen LogP contribution in [0.2, 0.25) is 0 Å². The van der Waals surface area contributed by atoms with Crippen LogP contribution in [0.1, 0.15) is 34.8 Å². The van der Waals surface area contributed by atoms with E-state index < -0.39 is 0 Å². The molecule has 1 unspecified atom stereocenters. The lowest BCUT2D eigenvalue weighted by Crippen LogP contribution is -2.29. The second kappa shape index (κ2) is 6.96. The summed E-state index contributed by atoms with van der Waals surface area (Å²) in [5.41, 5.74) is 2.69. The SMILES string of the molecule is Cc1c(C(=O)N(C)C(C)c2cc3ccccc3o2)cnn1-c1ccc(F)cc1. The first-order valence-corrected chi connectivity index (χ1v) is 9.02. The third kappa shape index (κ3) is 3.07. The molecule has 0 saturated carbocycles. The van der Waals surface area contributed by atoms with Gasteiger partial charge in [0.2, 0.25) is 0 Å². The van der Waals surface area contributed by atoms with Crippen molar-refractivity contribution in [2.45, 2.75) is 19.9 Å². The lowest BCUT2D eigenvalue weighted by atomic mass is 10.1. The number of benzene rings is 2. The van der Waals surface area contributed by atoms with Crippen LogP contribution in [0.15, 0.2) is 65.2 Å². The van der Waals surface area contributed by atoms with Gasteiger partial charge < -0.3 is 9.32 Å². The molecule has 4 rings (SSSR count). The summed E-state index contributed by atoms with van der Waals surface area (Å²) in [6, 6.07) is 15.5. The molecule has 2 aromatic carbocycles. The molecule has 6 heteroatoms. The van der Waals surface area contributed by atoms with Crippen molar-refractivity contribution in [1.82, 2.24) is 14.7 Å². The summed E-state index contributed by atoms with van der Waals surface area (Å²) in [7, 11) is 1.74. The zero-order valence-electron chi connectivity index (χ0n) is 15.9. The van der Waals surface area contributed by atoms with Crippen LogP contribution in [-0.2, 0) is 0 Å². The summed E-state index contributed by atoms with van der Waals surface area (Å²) in [6.07, 6.45) is 1.54. The molecule has 0 spiro atoms.